The first-order chi connectivity index (χ1) is 9.11. The van der Waals surface area contributed by atoms with E-state index in [1.54, 1.807) is 6.20 Å². The molecule has 0 aliphatic rings. The number of nitrogens with zero attached hydrogens (tertiary/aromatic N) is 2. The summed E-state index contributed by atoms with van der Waals surface area (Å²) in [4.78, 5) is 19.1. The van der Waals surface area contributed by atoms with Gasteiger partial charge in [-0.2, -0.15) is 4.99 Å². The smallest absolute Gasteiger partial charge is 0.344 e. The van der Waals surface area contributed by atoms with E-state index in [-0.39, 0.29) is 5.96 Å². The van der Waals surface area contributed by atoms with Crippen molar-refractivity contribution in [3.8, 4) is 0 Å². The van der Waals surface area contributed by atoms with Gasteiger partial charge in [-0.1, -0.05) is 19.4 Å². The van der Waals surface area contributed by atoms with Crippen LogP contribution in [-0.4, -0.2) is 23.5 Å². The number of pyridine rings is 1. The lowest BCUT2D eigenvalue weighted by Crippen LogP contribution is -2.32. The molecule has 19 heavy (non-hydrogen) atoms. The van der Waals surface area contributed by atoms with Gasteiger partial charge in [-0.3, -0.25) is 4.98 Å². The van der Waals surface area contributed by atoms with Crippen molar-refractivity contribution in [3.63, 3.8) is 0 Å². The van der Waals surface area contributed by atoms with Gasteiger partial charge in [0.1, 0.15) is 0 Å². The number of aliphatic imine (C=N–C) groups is 1. The quantitative estimate of drug-likeness (QED) is 0.526. The molecule has 104 valence electrons. The highest BCUT2D eigenvalue weighted by Gasteiger charge is 2.11. The molecule has 1 atom stereocenters. The Balaban J connectivity index is 2.49. The van der Waals surface area contributed by atoms with Crippen LogP contribution in [0.2, 0.25) is 0 Å². The second-order valence-corrected chi connectivity index (χ2v) is 4.40. The van der Waals surface area contributed by atoms with Gasteiger partial charge in [0.2, 0.25) is 0 Å². The summed E-state index contributed by atoms with van der Waals surface area (Å²) in [5.41, 5.74) is 11.3. The number of rotatable bonds is 6. The standard InChI is InChI=1S/C13H21N5O/c1-2-5-10(8-11-6-3-4-7-16-11)9-17-13(19)18-12(14)15/h3-4,6-7,10H,2,5,8-9H2,1H3,(H5,14,15,17,18,19). The monoisotopic (exact) mass is 263 g/mol. The Labute approximate surface area is 113 Å². The highest BCUT2D eigenvalue weighted by molar-refractivity contribution is 5.90. The molecule has 0 fully saturated rings. The zero-order valence-corrected chi connectivity index (χ0v) is 11.2. The summed E-state index contributed by atoms with van der Waals surface area (Å²) in [6, 6.07) is 5.34. The summed E-state index contributed by atoms with van der Waals surface area (Å²) in [7, 11) is 0. The van der Waals surface area contributed by atoms with Crippen LogP contribution >= 0.6 is 0 Å². The van der Waals surface area contributed by atoms with Crippen molar-refractivity contribution in [3.05, 3.63) is 30.1 Å². The first-order valence-corrected chi connectivity index (χ1v) is 6.39. The maximum absolute atomic E-state index is 11.3. The van der Waals surface area contributed by atoms with Gasteiger partial charge < -0.3 is 16.8 Å². The molecule has 6 nitrogen and oxygen atoms in total. The maximum atomic E-state index is 11.3. The molecule has 0 bridgehead atoms. The van der Waals surface area contributed by atoms with E-state index in [1.165, 1.54) is 0 Å². The molecule has 2 amide bonds. The minimum absolute atomic E-state index is 0.228. The average molecular weight is 263 g/mol. The van der Waals surface area contributed by atoms with Crippen molar-refractivity contribution in [2.24, 2.45) is 22.4 Å². The average Bonchev–Trinajstić information content (AvgIpc) is 2.37. The second-order valence-electron chi connectivity index (χ2n) is 4.40. The molecule has 0 aromatic carbocycles. The number of nitrogens with one attached hydrogen (secondary N) is 1. The van der Waals surface area contributed by atoms with Crippen molar-refractivity contribution in [1.29, 1.82) is 0 Å². The van der Waals surface area contributed by atoms with Gasteiger partial charge in [-0.05, 0) is 30.9 Å². The first-order valence-electron chi connectivity index (χ1n) is 6.39. The molecule has 1 heterocycles. The third-order valence-electron chi connectivity index (χ3n) is 2.69. The third-order valence-corrected chi connectivity index (χ3v) is 2.69. The van der Waals surface area contributed by atoms with Crippen molar-refractivity contribution in [2.75, 3.05) is 6.54 Å². The zero-order valence-electron chi connectivity index (χ0n) is 11.2. The summed E-state index contributed by atoms with van der Waals surface area (Å²) in [5, 5.41) is 2.70. The fourth-order valence-electron chi connectivity index (χ4n) is 1.89. The number of aromatic nitrogens is 1. The fraction of sp³-hybridized carbons (Fsp3) is 0.462. The van der Waals surface area contributed by atoms with Crippen LogP contribution in [0.5, 0.6) is 0 Å². The Kier molecular flexibility index (Phi) is 6.35. The van der Waals surface area contributed by atoms with Crippen LogP contribution in [0, 0.1) is 5.92 Å². The Morgan fingerprint density at radius 3 is 2.84 bits per heavy atom. The van der Waals surface area contributed by atoms with E-state index >= 15 is 0 Å². The summed E-state index contributed by atoms with van der Waals surface area (Å²) < 4.78 is 0. The number of urea groups is 1. The molecular formula is C13H21N5O. The molecule has 1 rings (SSSR count). The van der Waals surface area contributed by atoms with Crippen molar-refractivity contribution in [1.82, 2.24) is 10.3 Å². The highest BCUT2D eigenvalue weighted by Crippen LogP contribution is 2.11. The highest BCUT2D eigenvalue weighted by atomic mass is 16.2. The van der Waals surface area contributed by atoms with Crippen LogP contribution in [-0.2, 0) is 6.42 Å². The van der Waals surface area contributed by atoms with Crippen molar-refractivity contribution >= 4 is 12.0 Å². The van der Waals surface area contributed by atoms with E-state index in [4.69, 9.17) is 11.5 Å². The van der Waals surface area contributed by atoms with Crippen molar-refractivity contribution < 1.29 is 4.79 Å². The minimum atomic E-state index is -0.498. The molecule has 0 aliphatic carbocycles. The Morgan fingerprint density at radius 1 is 1.47 bits per heavy atom. The van der Waals surface area contributed by atoms with Crippen LogP contribution < -0.4 is 16.8 Å². The molecule has 0 aliphatic heterocycles. The number of carbonyl (C=O) groups is 1. The van der Waals surface area contributed by atoms with E-state index in [0.717, 1.165) is 25.0 Å². The van der Waals surface area contributed by atoms with E-state index in [2.05, 4.69) is 22.2 Å². The minimum Gasteiger partial charge on any atom is -0.370 e. The number of guanidine groups is 1. The van der Waals surface area contributed by atoms with Gasteiger partial charge in [0.15, 0.2) is 5.96 Å². The van der Waals surface area contributed by atoms with Gasteiger partial charge in [0.05, 0.1) is 0 Å². The Bertz CT molecular complexity index is 414. The molecule has 0 spiro atoms. The van der Waals surface area contributed by atoms with E-state index in [9.17, 15) is 4.79 Å². The second kappa shape index (κ2) is 8.07. The lowest BCUT2D eigenvalue weighted by atomic mass is 9.97. The lowest BCUT2D eigenvalue weighted by Gasteiger charge is -2.15. The van der Waals surface area contributed by atoms with E-state index < -0.39 is 6.03 Å². The predicted molar refractivity (Wildman–Crippen MR) is 75.5 cm³/mol. The molecule has 1 aromatic heterocycles. The van der Waals surface area contributed by atoms with Gasteiger partial charge >= 0.3 is 6.03 Å². The normalized spacial score (nSPS) is 11.6. The molecule has 1 aromatic rings. The summed E-state index contributed by atoms with van der Waals surface area (Å²) in [6.07, 6.45) is 4.67. The summed E-state index contributed by atoms with van der Waals surface area (Å²) in [6.45, 7) is 2.66. The molecule has 0 saturated carbocycles. The van der Waals surface area contributed by atoms with Crippen LogP contribution in [0.1, 0.15) is 25.5 Å². The van der Waals surface area contributed by atoms with E-state index in [1.807, 2.05) is 18.2 Å². The van der Waals surface area contributed by atoms with Crippen LogP contribution in [0.4, 0.5) is 4.79 Å². The number of amides is 2. The molecule has 5 N–H and O–H groups in total. The maximum Gasteiger partial charge on any atom is 0.344 e. The van der Waals surface area contributed by atoms with E-state index in [0.29, 0.717) is 12.5 Å². The Hall–Kier alpha value is -2.11. The first kappa shape index (κ1) is 14.9. The summed E-state index contributed by atoms with van der Waals surface area (Å²) >= 11 is 0. The number of hydrogen-bond acceptors (Lipinski definition) is 2. The van der Waals surface area contributed by atoms with Crippen LogP contribution in [0.3, 0.4) is 0 Å². The van der Waals surface area contributed by atoms with Crippen LogP contribution in [0.25, 0.3) is 0 Å². The van der Waals surface area contributed by atoms with Gasteiger partial charge in [-0.25, -0.2) is 4.79 Å². The molecule has 1 unspecified atom stereocenters. The topological polar surface area (TPSA) is 106 Å². The SMILES string of the molecule is CCCC(CNC(=O)N=C(N)N)Cc1ccccn1. The van der Waals surface area contributed by atoms with Crippen LogP contribution in [0.15, 0.2) is 29.4 Å². The fourth-order valence-corrected chi connectivity index (χ4v) is 1.89. The molecule has 6 heteroatoms. The zero-order chi connectivity index (χ0) is 14.1. The van der Waals surface area contributed by atoms with Gasteiger partial charge in [0.25, 0.3) is 0 Å². The third kappa shape index (κ3) is 6.40. The largest absolute Gasteiger partial charge is 0.370 e. The number of carbonyl (C=O) groups excluding carboxylic acids is 1. The predicted octanol–water partition coefficient (Wildman–Crippen LogP) is 1.02. The number of nitrogens with two attached hydrogens (primary N) is 2. The summed E-state index contributed by atoms with van der Waals surface area (Å²) in [5.74, 6) is 0.104. The number of hydrogen-bond donors (Lipinski definition) is 3. The van der Waals surface area contributed by atoms with Gasteiger partial charge in [0, 0.05) is 18.4 Å². The van der Waals surface area contributed by atoms with Crippen molar-refractivity contribution in [2.45, 2.75) is 26.2 Å². The molecule has 0 saturated heterocycles. The van der Waals surface area contributed by atoms with Gasteiger partial charge in [-0.15, -0.1) is 0 Å². The Morgan fingerprint density at radius 2 is 2.26 bits per heavy atom. The lowest BCUT2D eigenvalue weighted by molar-refractivity contribution is 0.246. The molecule has 0 radical (unpaired) electrons. The molecular weight excluding hydrogens is 242 g/mol.